The van der Waals surface area contributed by atoms with Crippen molar-refractivity contribution < 1.29 is 33.0 Å². The van der Waals surface area contributed by atoms with Gasteiger partial charge in [-0.25, -0.2) is 14.6 Å². The summed E-state index contributed by atoms with van der Waals surface area (Å²) in [5, 5.41) is 0.414. The molecule has 0 fully saturated rings. The lowest BCUT2D eigenvalue weighted by Crippen LogP contribution is -2.40. The molecule has 0 saturated carbocycles. The fraction of sp³-hybridized carbons (Fsp3) is 0.294. The van der Waals surface area contributed by atoms with Gasteiger partial charge in [0.1, 0.15) is 11.5 Å². The summed E-state index contributed by atoms with van der Waals surface area (Å²) in [6, 6.07) is 10.8. The van der Waals surface area contributed by atoms with Gasteiger partial charge in [0.2, 0.25) is 0 Å². The highest BCUT2D eigenvalue weighted by molar-refractivity contribution is 9.10. The first-order chi connectivity index (χ1) is 22.5. The molecule has 47 heavy (non-hydrogen) atoms. The Bertz CT molecular complexity index is 2080. The van der Waals surface area contributed by atoms with Gasteiger partial charge in [0.05, 0.1) is 53.8 Å². The molecule has 0 bridgehead atoms. The molecule has 0 N–H and O–H groups in total. The maximum atomic E-state index is 14.2. The summed E-state index contributed by atoms with van der Waals surface area (Å²) >= 11 is 11.0. The summed E-state index contributed by atoms with van der Waals surface area (Å²) < 4.78 is 30.6. The first kappa shape index (κ1) is 34.2. The van der Waals surface area contributed by atoms with Crippen molar-refractivity contribution in [2.24, 2.45) is 4.99 Å². The molecule has 0 unspecified atom stereocenters. The Morgan fingerprint density at radius 1 is 1.11 bits per heavy atom. The number of rotatable bonds is 10. The molecule has 1 atom stereocenters. The molecule has 10 nitrogen and oxygen atoms in total. The van der Waals surface area contributed by atoms with Crippen LogP contribution in [-0.2, 0) is 14.3 Å². The number of carbonyl (C=O) groups excluding carboxylic acids is 2. The normalized spacial score (nSPS) is 14.6. The number of fused-ring (bicyclic) bond motifs is 1. The van der Waals surface area contributed by atoms with Crippen molar-refractivity contribution in [3.8, 4) is 22.8 Å². The number of ether oxygens (including phenoxy) is 4. The van der Waals surface area contributed by atoms with E-state index >= 15 is 0 Å². The molecule has 0 spiro atoms. The summed E-state index contributed by atoms with van der Waals surface area (Å²) in [6.07, 6.45) is 1.28. The number of allylic oxidation sites excluding steroid dienone is 1. The molecule has 0 radical (unpaired) electrons. The van der Waals surface area contributed by atoms with Crippen molar-refractivity contribution in [1.29, 1.82) is 0 Å². The smallest absolute Gasteiger partial charge is 0.339 e. The third-order valence-electron chi connectivity index (χ3n) is 7.10. The van der Waals surface area contributed by atoms with E-state index in [1.54, 1.807) is 76.2 Å². The molecule has 0 aliphatic carbocycles. The average molecular weight is 744 g/mol. The SMILES string of the molecule is CCOC(=O)C1=C(C)N=c2s/c(=C/c3ccc(-c4cc(Cl)ccc4C(=O)OC(C)C)o3)c(=O)n2[C@@H]1c1cc(OCC)c(OC)cc1Br. The number of esters is 2. The molecule has 0 saturated heterocycles. The first-order valence-electron chi connectivity index (χ1n) is 14.8. The van der Waals surface area contributed by atoms with Gasteiger partial charge in [-0.1, -0.05) is 38.9 Å². The highest BCUT2D eigenvalue weighted by Crippen LogP contribution is 2.41. The van der Waals surface area contributed by atoms with Gasteiger partial charge >= 0.3 is 11.9 Å². The first-order valence-corrected chi connectivity index (χ1v) is 16.8. The van der Waals surface area contributed by atoms with E-state index in [1.807, 2.05) is 6.92 Å². The maximum Gasteiger partial charge on any atom is 0.339 e. The number of carbonyl (C=O) groups is 2. The summed E-state index contributed by atoms with van der Waals surface area (Å²) in [5.41, 5.74) is 1.58. The maximum absolute atomic E-state index is 14.2. The number of aromatic nitrogens is 1. The second-order valence-electron chi connectivity index (χ2n) is 10.6. The third kappa shape index (κ3) is 6.95. The lowest BCUT2D eigenvalue weighted by Gasteiger charge is -2.26. The minimum absolute atomic E-state index is 0.144. The number of methoxy groups -OCH3 is 1. The quantitative estimate of drug-likeness (QED) is 0.170. The van der Waals surface area contributed by atoms with Gasteiger partial charge in [-0.15, -0.1) is 0 Å². The Hall–Kier alpha value is -4.13. The van der Waals surface area contributed by atoms with Crippen LogP contribution in [0, 0.1) is 0 Å². The van der Waals surface area contributed by atoms with E-state index in [-0.39, 0.29) is 18.3 Å². The van der Waals surface area contributed by atoms with Gasteiger partial charge in [-0.2, -0.15) is 0 Å². The molecular weight excluding hydrogens is 712 g/mol. The van der Waals surface area contributed by atoms with Gasteiger partial charge in [-0.05, 0) is 82.6 Å². The topological polar surface area (TPSA) is 119 Å². The van der Waals surface area contributed by atoms with E-state index in [4.69, 9.17) is 35.0 Å². The minimum Gasteiger partial charge on any atom is -0.493 e. The summed E-state index contributed by atoms with van der Waals surface area (Å²) in [7, 11) is 1.53. The molecular formula is C34H32BrClN2O8S. The van der Waals surface area contributed by atoms with Crippen LogP contribution in [0.1, 0.15) is 62.3 Å². The van der Waals surface area contributed by atoms with Crippen LogP contribution in [0.15, 0.2) is 72.4 Å². The van der Waals surface area contributed by atoms with Crippen molar-refractivity contribution in [3.05, 3.63) is 99.8 Å². The summed E-state index contributed by atoms with van der Waals surface area (Å²) in [5.74, 6) is 0.568. The molecule has 5 rings (SSSR count). The van der Waals surface area contributed by atoms with Gasteiger partial charge < -0.3 is 23.4 Å². The van der Waals surface area contributed by atoms with Crippen molar-refractivity contribution >= 4 is 56.9 Å². The molecule has 246 valence electrons. The number of hydrogen-bond donors (Lipinski definition) is 0. The van der Waals surface area contributed by atoms with E-state index in [0.29, 0.717) is 70.8 Å². The lowest BCUT2D eigenvalue weighted by molar-refractivity contribution is -0.139. The number of hydrogen-bond acceptors (Lipinski definition) is 10. The zero-order chi connectivity index (χ0) is 34.0. The molecule has 13 heteroatoms. The lowest BCUT2D eigenvalue weighted by atomic mass is 9.95. The summed E-state index contributed by atoms with van der Waals surface area (Å²) in [6.45, 7) is 9.33. The number of thiazole rings is 1. The number of nitrogens with zero attached hydrogens (tertiary/aromatic N) is 2. The Labute approximate surface area is 288 Å². The van der Waals surface area contributed by atoms with Crippen molar-refractivity contribution in [1.82, 2.24) is 4.57 Å². The van der Waals surface area contributed by atoms with Crippen LogP contribution in [0.2, 0.25) is 5.02 Å². The van der Waals surface area contributed by atoms with Crippen LogP contribution in [0.25, 0.3) is 17.4 Å². The molecule has 2 aromatic heterocycles. The van der Waals surface area contributed by atoms with Crippen LogP contribution >= 0.6 is 38.9 Å². The minimum atomic E-state index is -0.889. The number of benzene rings is 2. The third-order valence-corrected chi connectivity index (χ3v) is 9.01. The molecule has 4 aromatic rings. The summed E-state index contributed by atoms with van der Waals surface area (Å²) in [4.78, 5) is 45.4. The molecule has 0 amide bonds. The van der Waals surface area contributed by atoms with E-state index < -0.39 is 23.5 Å². The van der Waals surface area contributed by atoms with Crippen LogP contribution in [0.5, 0.6) is 11.5 Å². The van der Waals surface area contributed by atoms with Gasteiger partial charge in [0, 0.05) is 21.1 Å². The number of halogens is 2. The highest BCUT2D eigenvalue weighted by Gasteiger charge is 2.35. The van der Waals surface area contributed by atoms with Crippen LogP contribution in [0.3, 0.4) is 0 Å². The van der Waals surface area contributed by atoms with Gasteiger partial charge in [-0.3, -0.25) is 9.36 Å². The van der Waals surface area contributed by atoms with Crippen LogP contribution in [0.4, 0.5) is 0 Å². The number of furan rings is 1. The fourth-order valence-electron chi connectivity index (χ4n) is 5.15. The zero-order valence-corrected chi connectivity index (χ0v) is 29.7. The van der Waals surface area contributed by atoms with Crippen molar-refractivity contribution in [3.63, 3.8) is 0 Å². The van der Waals surface area contributed by atoms with Gasteiger partial charge in [0.25, 0.3) is 5.56 Å². The van der Waals surface area contributed by atoms with Gasteiger partial charge in [0.15, 0.2) is 16.3 Å². The Balaban J connectivity index is 1.65. The predicted molar refractivity (Wildman–Crippen MR) is 182 cm³/mol. The van der Waals surface area contributed by atoms with Crippen LogP contribution in [-0.4, -0.2) is 42.9 Å². The zero-order valence-electron chi connectivity index (χ0n) is 26.5. The fourth-order valence-corrected chi connectivity index (χ4v) is 6.89. The van der Waals surface area contributed by atoms with Crippen molar-refractivity contribution in [2.75, 3.05) is 20.3 Å². The predicted octanol–water partition coefficient (Wildman–Crippen LogP) is 6.45. The van der Waals surface area contributed by atoms with Crippen molar-refractivity contribution in [2.45, 2.75) is 46.8 Å². The van der Waals surface area contributed by atoms with E-state index in [0.717, 1.165) is 11.3 Å². The second-order valence-corrected chi connectivity index (χ2v) is 12.9. The molecule has 3 heterocycles. The average Bonchev–Trinajstić information content (AvgIpc) is 3.60. The van der Waals surface area contributed by atoms with Crippen LogP contribution < -0.4 is 24.4 Å². The largest absolute Gasteiger partial charge is 0.493 e. The Morgan fingerprint density at radius 2 is 1.87 bits per heavy atom. The standard InChI is InChI=1S/C34H32BrClN2O8S/c1-7-43-27-15-23(24(35)16-26(27)42-6)30-29(33(41)44-8-2)18(5)37-34-38(30)31(39)28(47-34)14-20-10-12-25(46-20)22-13-19(36)9-11-21(22)32(40)45-17(3)4/h9-17,30H,7-8H2,1-6H3/b28-14+/t30-/m1/s1. The second kappa shape index (κ2) is 14.3. The monoisotopic (exact) mass is 742 g/mol. The van der Waals surface area contributed by atoms with E-state index in [1.165, 1.54) is 11.7 Å². The van der Waals surface area contributed by atoms with E-state index in [9.17, 15) is 14.4 Å². The molecule has 1 aliphatic heterocycles. The molecule has 1 aliphatic rings. The molecule has 2 aromatic carbocycles. The van der Waals surface area contributed by atoms with E-state index in [2.05, 4.69) is 20.9 Å². The highest BCUT2D eigenvalue weighted by atomic mass is 79.9. The Kier molecular flexibility index (Phi) is 10.4. The Morgan fingerprint density at radius 3 is 2.55 bits per heavy atom.